The zero-order chi connectivity index (χ0) is 29.6. The summed E-state index contributed by atoms with van der Waals surface area (Å²) in [6, 6.07) is 25.5. The number of esters is 1. The number of carbonyl (C=O) groups excluding carboxylic acids is 3. The van der Waals surface area contributed by atoms with E-state index in [4.69, 9.17) is 19.9 Å². The third-order valence-electron chi connectivity index (χ3n) is 7.05. The standard InChI is InChI=1S/C33H31N3O6/c1-3-40-30(37)17-22-8-7-11-27(16-22)41-29-15-13-24(28-14-12-25(19-35-28)32(34)38)18-26(29)20-36-21(2)31(42-33(36)39)23-9-5-4-6-10-23/h4-16,18-19,21,31H,3,17,20H2,1-2H3,(H2,34,38)/t21-,31-/m0/s1. The van der Waals surface area contributed by atoms with Crippen LogP contribution in [0.15, 0.2) is 91.1 Å². The number of aromatic nitrogens is 1. The number of nitrogens with zero attached hydrogens (tertiary/aromatic N) is 2. The Morgan fingerprint density at radius 1 is 1.00 bits per heavy atom. The Morgan fingerprint density at radius 3 is 2.52 bits per heavy atom. The Bertz CT molecular complexity index is 1590. The second-order valence-corrected chi connectivity index (χ2v) is 9.93. The van der Waals surface area contributed by atoms with Crippen LogP contribution in [0.2, 0.25) is 0 Å². The summed E-state index contributed by atoms with van der Waals surface area (Å²) in [6.07, 6.45) is 0.727. The van der Waals surface area contributed by atoms with Crippen LogP contribution >= 0.6 is 0 Å². The fourth-order valence-corrected chi connectivity index (χ4v) is 4.88. The molecule has 2 N–H and O–H groups in total. The summed E-state index contributed by atoms with van der Waals surface area (Å²) in [5.41, 5.74) is 9.47. The molecule has 42 heavy (non-hydrogen) atoms. The minimum absolute atomic E-state index is 0.127. The number of amides is 2. The first kappa shape index (κ1) is 28.4. The number of rotatable bonds is 10. The Labute approximate surface area is 243 Å². The summed E-state index contributed by atoms with van der Waals surface area (Å²) >= 11 is 0. The van der Waals surface area contributed by atoms with Crippen molar-refractivity contribution in [3.8, 4) is 22.8 Å². The number of ether oxygens (including phenoxy) is 3. The van der Waals surface area contributed by atoms with Crippen LogP contribution in [0.25, 0.3) is 11.3 Å². The SMILES string of the molecule is CCOC(=O)Cc1cccc(Oc2ccc(-c3ccc(C(N)=O)cn3)cc2CN2C(=O)O[C@H](c3ccccc3)[C@@H]2C)c1. The minimum atomic E-state index is -0.557. The lowest BCUT2D eigenvalue weighted by Crippen LogP contribution is -2.31. The number of primary amides is 1. The molecule has 0 unspecified atom stereocenters. The highest BCUT2D eigenvalue weighted by atomic mass is 16.6. The van der Waals surface area contributed by atoms with E-state index in [0.717, 1.165) is 22.3 Å². The van der Waals surface area contributed by atoms with Gasteiger partial charge < -0.3 is 19.9 Å². The fourth-order valence-electron chi connectivity index (χ4n) is 4.88. The lowest BCUT2D eigenvalue weighted by atomic mass is 10.0. The van der Waals surface area contributed by atoms with Gasteiger partial charge in [-0.05, 0) is 67.4 Å². The normalized spacial score (nSPS) is 16.1. The van der Waals surface area contributed by atoms with Crippen LogP contribution in [0.4, 0.5) is 4.79 Å². The zero-order valence-corrected chi connectivity index (χ0v) is 23.4. The highest BCUT2D eigenvalue weighted by Crippen LogP contribution is 2.36. The van der Waals surface area contributed by atoms with Crippen molar-refractivity contribution in [1.82, 2.24) is 9.88 Å². The number of carbonyl (C=O) groups is 3. The first-order valence-corrected chi connectivity index (χ1v) is 13.7. The summed E-state index contributed by atoms with van der Waals surface area (Å²) in [7, 11) is 0. The van der Waals surface area contributed by atoms with Gasteiger partial charge >= 0.3 is 12.1 Å². The van der Waals surface area contributed by atoms with Gasteiger partial charge in [-0.2, -0.15) is 0 Å². The summed E-state index contributed by atoms with van der Waals surface area (Å²) in [4.78, 5) is 42.7. The van der Waals surface area contributed by atoms with Crippen LogP contribution in [0.3, 0.4) is 0 Å². The molecule has 1 saturated heterocycles. The van der Waals surface area contributed by atoms with E-state index >= 15 is 0 Å². The zero-order valence-electron chi connectivity index (χ0n) is 23.4. The average molecular weight is 566 g/mol. The predicted octanol–water partition coefficient (Wildman–Crippen LogP) is 5.83. The van der Waals surface area contributed by atoms with Crippen LogP contribution in [0.1, 0.15) is 47.0 Å². The van der Waals surface area contributed by atoms with Gasteiger partial charge in [0.25, 0.3) is 0 Å². The molecule has 0 radical (unpaired) electrons. The van der Waals surface area contributed by atoms with E-state index in [1.807, 2.05) is 67.6 Å². The maximum absolute atomic E-state index is 13.1. The van der Waals surface area contributed by atoms with E-state index in [2.05, 4.69) is 4.98 Å². The molecule has 9 nitrogen and oxygen atoms in total. The molecule has 2 amide bonds. The van der Waals surface area contributed by atoms with E-state index in [9.17, 15) is 14.4 Å². The molecule has 0 bridgehead atoms. The Hall–Kier alpha value is -5.18. The molecule has 0 aliphatic carbocycles. The van der Waals surface area contributed by atoms with Crippen molar-refractivity contribution in [3.63, 3.8) is 0 Å². The average Bonchev–Trinajstić information content (AvgIpc) is 3.27. The first-order valence-electron chi connectivity index (χ1n) is 13.7. The highest BCUT2D eigenvalue weighted by molar-refractivity contribution is 5.92. The highest BCUT2D eigenvalue weighted by Gasteiger charge is 2.40. The Morgan fingerprint density at radius 2 is 1.81 bits per heavy atom. The third-order valence-corrected chi connectivity index (χ3v) is 7.05. The molecule has 1 aromatic heterocycles. The molecule has 2 atom stereocenters. The van der Waals surface area contributed by atoms with E-state index in [0.29, 0.717) is 29.4 Å². The maximum Gasteiger partial charge on any atom is 0.411 e. The van der Waals surface area contributed by atoms with Gasteiger partial charge in [0.1, 0.15) is 17.6 Å². The number of nitrogens with two attached hydrogens (primary N) is 1. The summed E-state index contributed by atoms with van der Waals surface area (Å²) in [5.74, 6) is 0.195. The molecule has 2 heterocycles. The van der Waals surface area contributed by atoms with Crippen molar-refractivity contribution >= 4 is 18.0 Å². The van der Waals surface area contributed by atoms with Crippen LogP contribution in [0, 0.1) is 0 Å². The van der Waals surface area contributed by atoms with Crippen LogP contribution < -0.4 is 10.5 Å². The number of hydrogen-bond donors (Lipinski definition) is 1. The van der Waals surface area contributed by atoms with Gasteiger partial charge in [-0.3, -0.25) is 19.5 Å². The number of cyclic esters (lactones) is 1. The molecule has 4 aromatic rings. The van der Waals surface area contributed by atoms with E-state index in [1.165, 1.54) is 6.20 Å². The van der Waals surface area contributed by atoms with Gasteiger partial charge in [-0.25, -0.2) is 4.79 Å². The smallest absolute Gasteiger partial charge is 0.411 e. The summed E-state index contributed by atoms with van der Waals surface area (Å²) in [5, 5.41) is 0. The van der Waals surface area contributed by atoms with E-state index in [-0.39, 0.29) is 25.0 Å². The fraction of sp³-hybridized carbons (Fsp3) is 0.212. The quantitative estimate of drug-likeness (QED) is 0.240. The third kappa shape index (κ3) is 6.41. The molecular weight excluding hydrogens is 534 g/mol. The van der Waals surface area contributed by atoms with Gasteiger partial charge in [0.05, 0.1) is 36.9 Å². The number of pyridine rings is 1. The first-order chi connectivity index (χ1) is 20.3. The van der Waals surface area contributed by atoms with Crippen LogP contribution in [-0.4, -0.2) is 40.5 Å². The summed E-state index contributed by atoms with van der Waals surface area (Å²) in [6.45, 7) is 4.25. The van der Waals surface area contributed by atoms with Crippen LogP contribution in [0.5, 0.6) is 11.5 Å². The molecule has 1 fully saturated rings. The van der Waals surface area contributed by atoms with Crippen molar-refractivity contribution < 1.29 is 28.6 Å². The lowest BCUT2D eigenvalue weighted by Gasteiger charge is -2.23. The monoisotopic (exact) mass is 565 g/mol. The molecule has 9 heteroatoms. The molecule has 0 spiro atoms. The lowest BCUT2D eigenvalue weighted by molar-refractivity contribution is -0.142. The maximum atomic E-state index is 13.1. The van der Waals surface area contributed by atoms with Crippen LogP contribution in [-0.2, 0) is 27.2 Å². The number of hydrogen-bond acceptors (Lipinski definition) is 7. The summed E-state index contributed by atoms with van der Waals surface area (Å²) < 4.78 is 17.2. The topological polar surface area (TPSA) is 121 Å². The molecular formula is C33H31N3O6. The van der Waals surface area contributed by atoms with Gasteiger partial charge in [-0.15, -0.1) is 0 Å². The van der Waals surface area contributed by atoms with Gasteiger partial charge in [0.15, 0.2) is 0 Å². The molecule has 1 aliphatic rings. The van der Waals surface area contributed by atoms with E-state index < -0.39 is 18.1 Å². The van der Waals surface area contributed by atoms with Crippen molar-refractivity contribution in [3.05, 3.63) is 113 Å². The molecule has 3 aromatic carbocycles. The second-order valence-electron chi connectivity index (χ2n) is 9.93. The molecule has 5 rings (SSSR count). The van der Waals surface area contributed by atoms with Crippen molar-refractivity contribution in [1.29, 1.82) is 0 Å². The van der Waals surface area contributed by atoms with Gasteiger partial charge in [-0.1, -0.05) is 42.5 Å². The van der Waals surface area contributed by atoms with Crippen molar-refractivity contribution in [2.24, 2.45) is 5.73 Å². The Balaban J connectivity index is 1.46. The van der Waals surface area contributed by atoms with Crippen molar-refractivity contribution in [2.45, 2.75) is 39.0 Å². The van der Waals surface area contributed by atoms with Gasteiger partial charge in [0, 0.05) is 17.3 Å². The Kier molecular flexibility index (Phi) is 8.47. The second kappa shape index (κ2) is 12.6. The molecule has 1 aliphatic heterocycles. The minimum Gasteiger partial charge on any atom is -0.466 e. The number of benzene rings is 3. The van der Waals surface area contributed by atoms with E-state index in [1.54, 1.807) is 36.1 Å². The molecule has 0 saturated carbocycles. The van der Waals surface area contributed by atoms with Gasteiger partial charge in [0.2, 0.25) is 5.91 Å². The largest absolute Gasteiger partial charge is 0.466 e. The predicted molar refractivity (Wildman–Crippen MR) is 156 cm³/mol. The van der Waals surface area contributed by atoms with Crippen molar-refractivity contribution in [2.75, 3.05) is 6.61 Å². The molecule has 214 valence electrons.